The Labute approximate surface area is 136 Å². The van der Waals surface area contributed by atoms with E-state index in [1.165, 1.54) is 6.42 Å². The van der Waals surface area contributed by atoms with Gasteiger partial charge in [-0.3, -0.25) is 9.59 Å². The zero-order valence-electron chi connectivity index (χ0n) is 13.3. The summed E-state index contributed by atoms with van der Waals surface area (Å²) in [6, 6.07) is 3.61. The maximum absolute atomic E-state index is 12.6. The van der Waals surface area contributed by atoms with Gasteiger partial charge in [0.25, 0.3) is 5.91 Å². The summed E-state index contributed by atoms with van der Waals surface area (Å²) in [5.74, 6) is -0.124. The van der Waals surface area contributed by atoms with Crippen molar-refractivity contribution in [1.82, 2.24) is 9.88 Å². The Hall–Kier alpha value is -2.11. The van der Waals surface area contributed by atoms with E-state index < -0.39 is 5.97 Å². The van der Waals surface area contributed by atoms with Gasteiger partial charge in [-0.15, -0.1) is 0 Å². The second-order valence-electron chi connectivity index (χ2n) is 6.36. The molecule has 1 aromatic rings. The largest absolute Gasteiger partial charge is 0.481 e. The molecule has 6 nitrogen and oxygen atoms in total. The van der Waals surface area contributed by atoms with Gasteiger partial charge in [-0.05, 0) is 44.2 Å². The lowest BCUT2D eigenvalue weighted by atomic mass is 9.97. The predicted octanol–water partition coefficient (Wildman–Crippen LogP) is 2.01. The molecule has 1 aromatic heterocycles. The van der Waals surface area contributed by atoms with Gasteiger partial charge < -0.3 is 14.9 Å². The zero-order valence-corrected chi connectivity index (χ0v) is 13.3. The van der Waals surface area contributed by atoms with Crippen LogP contribution >= 0.6 is 0 Å². The Morgan fingerprint density at radius 1 is 1.09 bits per heavy atom. The second kappa shape index (κ2) is 6.98. The molecule has 124 valence electrons. The van der Waals surface area contributed by atoms with Crippen molar-refractivity contribution in [2.45, 2.75) is 32.1 Å². The molecule has 0 spiro atoms. The summed E-state index contributed by atoms with van der Waals surface area (Å²) in [5, 5.41) is 9.07. The maximum atomic E-state index is 12.6. The number of piperidine rings is 2. The molecule has 1 N–H and O–H groups in total. The summed E-state index contributed by atoms with van der Waals surface area (Å²) in [7, 11) is 0. The van der Waals surface area contributed by atoms with Crippen LogP contribution in [-0.4, -0.2) is 53.0 Å². The van der Waals surface area contributed by atoms with E-state index in [0.717, 1.165) is 31.7 Å². The van der Waals surface area contributed by atoms with Crippen LogP contribution in [0.15, 0.2) is 18.3 Å². The van der Waals surface area contributed by atoms with Crippen molar-refractivity contribution in [2.24, 2.45) is 5.92 Å². The molecular formula is C17H23N3O3. The standard InChI is InChI=1S/C17H23N3O3/c21-16(20-8-2-1-3-9-20)14-4-7-18-15(12-14)19-10-5-13(6-11-19)17(22)23/h4,7,12-13H,1-3,5-6,8-11H2,(H,22,23). The highest BCUT2D eigenvalue weighted by Crippen LogP contribution is 2.23. The number of hydrogen-bond donors (Lipinski definition) is 1. The summed E-state index contributed by atoms with van der Waals surface area (Å²) in [4.78, 5) is 32.0. The molecule has 23 heavy (non-hydrogen) atoms. The van der Waals surface area contributed by atoms with E-state index in [9.17, 15) is 9.59 Å². The number of pyridine rings is 1. The first-order chi connectivity index (χ1) is 11.1. The molecule has 3 rings (SSSR count). The number of anilines is 1. The molecule has 0 aromatic carbocycles. The first-order valence-corrected chi connectivity index (χ1v) is 8.38. The van der Waals surface area contributed by atoms with E-state index in [-0.39, 0.29) is 11.8 Å². The molecule has 0 aliphatic carbocycles. The van der Waals surface area contributed by atoms with E-state index in [0.29, 0.717) is 31.5 Å². The average Bonchev–Trinajstić information content (AvgIpc) is 2.62. The number of carbonyl (C=O) groups is 2. The number of likely N-dealkylation sites (tertiary alicyclic amines) is 1. The van der Waals surface area contributed by atoms with Gasteiger partial charge >= 0.3 is 5.97 Å². The molecule has 6 heteroatoms. The monoisotopic (exact) mass is 317 g/mol. The molecule has 2 aliphatic rings. The number of carboxylic acid groups (broad SMARTS) is 1. The summed E-state index contributed by atoms with van der Waals surface area (Å²) >= 11 is 0. The normalized spacial score (nSPS) is 19.7. The fraction of sp³-hybridized carbons (Fsp3) is 0.588. The molecule has 2 fully saturated rings. The Bertz CT molecular complexity index is 576. The molecule has 3 heterocycles. The van der Waals surface area contributed by atoms with Crippen molar-refractivity contribution in [1.29, 1.82) is 0 Å². The van der Waals surface area contributed by atoms with E-state index in [1.54, 1.807) is 12.3 Å². The minimum atomic E-state index is -0.716. The minimum absolute atomic E-state index is 0.0776. The van der Waals surface area contributed by atoms with E-state index >= 15 is 0 Å². The lowest BCUT2D eigenvalue weighted by molar-refractivity contribution is -0.142. The Morgan fingerprint density at radius 2 is 1.78 bits per heavy atom. The van der Waals surface area contributed by atoms with Gasteiger partial charge in [0, 0.05) is 37.9 Å². The van der Waals surface area contributed by atoms with Gasteiger partial charge in [-0.1, -0.05) is 0 Å². The molecule has 0 unspecified atom stereocenters. The third kappa shape index (κ3) is 3.63. The van der Waals surface area contributed by atoms with Crippen LogP contribution < -0.4 is 4.90 Å². The van der Waals surface area contributed by atoms with Crippen molar-refractivity contribution < 1.29 is 14.7 Å². The summed E-state index contributed by atoms with van der Waals surface area (Å²) < 4.78 is 0. The van der Waals surface area contributed by atoms with Gasteiger partial charge in [0.1, 0.15) is 5.82 Å². The highest BCUT2D eigenvalue weighted by atomic mass is 16.4. The number of aromatic nitrogens is 1. The first kappa shape index (κ1) is 15.8. The molecule has 0 bridgehead atoms. The van der Waals surface area contributed by atoms with Crippen LogP contribution in [0.2, 0.25) is 0 Å². The summed E-state index contributed by atoms with van der Waals surface area (Å²) in [6.45, 7) is 3.01. The van der Waals surface area contributed by atoms with E-state index in [1.807, 2.05) is 11.0 Å². The number of amides is 1. The van der Waals surface area contributed by atoms with Crippen molar-refractivity contribution in [3.63, 3.8) is 0 Å². The Morgan fingerprint density at radius 3 is 2.43 bits per heavy atom. The summed E-state index contributed by atoms with van der Waals surface area (Å²) in [6.07, 6.45) is 6.28. The van der Waals surface area contributed by atoms with Crippen LogP contribution in [0.1, 0.15) is 42.5 Å². The van der Waals surface area contributed by atoms with Crippen LogP contribution in [0.4, 0.5) is 5.82 Å². The molecule has 2 aliphatic heterocycles. The third-order valence-electron chi connectivity index (χ3n) is 4.80. The SMILES string of the molecule is O=C(O)C1CCN(c2cc(C(=O)N3CCCCC3)ccn2)CC1. The van der Waals surface area contributed by atoms with Gasteiger partial charge in [0.05, 0.1) is 5.92 Å². The smallest absolute Gasteiger partial charge is 0.306 e. The van der Waals surface area contributed by atoms with Gasteiger partial charge in [-0.25, -0.2) is 4.98 Å². The van der Waals surface area contributed by atoms with Crippen molar-refractivity contribution in [3.8, 4) is 0 Å². The first-order valence-electron chi connectivity index (χ1n) is 8.38. The van der Waals surface area contributed by atoms with Crippen molar-refractivity contribution in [2.75, 3.05) is 31.1 Å². The predicted molar refractivity (Wildman–Crippen MR) is 86.6 cm³/mol. The second-order valence-corrected chi connectivity index (χ2v) is 6.36. The topological polar surface area (TPSA) is 73.7 Å². The van der Waals surface area contributed by atoms with Crippen LogP contribution in [0.25, 0.3) is 0 Å². The molecule has 1 amide bonds. The number of hydrogen-bond acceptors (Lipinski definition) is 4. The highest BCUT2D eigenvalue weighted by Gasteiger charge is 2.26. The van der Waals surface area contributed by atoms with Gasteiger partial charge in [-0.2, -0.15) is 0 Å². The van der Waals surface area contributed by atoms with Crippen LogP contribution in [0.5, 0.6) is 0 Å². The Balaban J connectivity index is 1.68. The molecule has 0 atom stereocenters. The van der Waals surface area contributed by atoms with Crippen molar-refractivity contribution >= 4 is 17.7 Å². The quantitative estimate of drug-likeness (QED) is 0.923. The maximum Gasteiger partial charge on any atom is 0.306 e. The lowest BCUT2D eigenvalue weighted by Crippen LogP contribution is -2.37. The van der Waals surface area contributed by atoms with Gasteiger partial charge in [0.15, 0.2) is 0 Å². The van der Waals surface area contributed by atoms with E-state index in [2.05, 4.69) is 9.88 Å². The van der Waals surface area contributed by atoms with Gasteiger partial charge in [0.2, 0.25) is 0 Å². The number of nitrogens with zero attached hydrogens (tertiary/aromatic N) is 3. The highest BCUT2D eigenvalue weighted by molar-refractivity contribution is 5.94. The fourth-order valence-electron chi connectivity index (χ4n) is 3.36. The van der Waals surface area contributed by atoms with E-state index in [4.69, 9.17) is 5.11 Å². The van der Waals surface area contributed by atoms with Crippen molar-refractivity contribution in [3.05, 3.63) is 23.9 Å². The van der Waals surface area contributed by atoms with Crippen LogP contribution in [0.3, 0.4) is 0 Å². The number of carbonyl (C=O) groups excluding carboxylic acids is 1. The summed E-state index contributed by atoms with van der Waals surface area (Å²) in [5.41, 5.74) is 0.678. The average molecular weight is 317 g/mol. The molecule has 2 saturated heterocycles. The molecule has 0 saturated carbocycles. The number of carboxylic acids is 1. The minimum Gasteiger partial charge on any atom is -0.481 e. The third-order valence-corrected chi connectivity index (χ3v) is 4.80. The number of aliphatic carboxylic acids is 1. The van der Waals surface area contributed by atoms with Crippen LogP contribution in [0, 0.1) is 5.92 Å². The van der Waals surface area contributed by atoms with Crippen LogP contribution in [-0.2, 0) is 4.79 Å². The lowest BCUT2D eigenvalue weighted by Gasteiger charge is -2.31. The number of rotatable bonds is 3. The zero-order chi connectivity index (χ0) is 16.2. The molecule has 0 radical (unpaired) electrons. The fourth-order valence-corrected chi connectivity index (χ4v) is 3.36. The Kier molecular flexibility index (Phi) is 4.79. The molecular weight excluding hydrogens is 294 g/mol.